The van der Waals surface area contributed by atoms with E-state index in [-0.39, 0.29) is 17.4 Å². The first-order valence-corrected chi connectivity index (χ1v) is 10.1. The molecule has 1 N–H and O–H groups in total. The van der Waals surface area contributed by atoms with Gasteiger partial charge in [0.05, 0.1) is 18.1 Å². The third-order valence-corrected chi connectivity index (χ3v) is 5.85. The zero-order valence-corrected chi connectivity index (χ0v) is 14.8. The van der Waals surface area contributed by atoms with Gasteiger partial charge < -0.3 is 5.32 Å². The molecule has 0 unspecified atom stereocenters. The van der Waals surface area contributed by atoms with Gasteiger partial charge in [-0.25, -0.2) is 8.42 Å². The van der Waals surface area contributed by atoms with Gasteiger partial charge in [0.15, 0.2) is 9.84 Å². The van der Waals surface area contributed by atoms with Crippen molar-refractivity contribution in [3.63, 3.8) is 0 Å². The number of hydrogen-bond donors (Lipinski definition) is 1. The van der Waals surface area contributed by atoms with E-state index >= 15 is 0 Å². The van der Waals surface area contributed by atoms with Crippen LogP contribution in [0.25, 0.3) is 0 Å². The fourth-order valence-corrected chi connectivity index (χ4v) is 4.02. The number of sulfone groups is 1. The number of benzene rings is 1. The van der Waals surface area contributed by atoms with E-state index in [0.717, 1.165) is 5.56 Å². The van der Waals surface area contributed by atoms with Crippen LogP contribution < -0.4 is 5.32 Å². The maximum Gasteiger partial charge on any atom is 0.251 e. The molecule has 1 amide bonds. The second-order valence-corrected chi connectivity index (χ2v) is 8.45. The Bertz CT molecular complexity index is 787. The van der Waals surface area contributed by atoms with E-state index in [0.29, 0.717) is 38.3 Å². The molecule has 7 nitrogen and oxygen atoms in total. The first-order valence-electron chi connectivity index (χ1n) is 8.29. The Morgan fingerprint density at radius 2 is 1.88 bits per heavy atom. The molecule has 1 aromatic heterocycles. The van der Waals surface area contributed by atoms with Gasteiger partial charge in [0.25, 0.3) is 5.91 Å². The topological polar surface area (TPSA) is 84.3 Å². The maximum atomic E-state index is 12.1. The Morgan fingerprint density at radius 3 is 2.52 bits per heavy atom. The Morgan fingerprint density at radius 1 is 1.16 bits per heavy atom. The molecule has 0 saturated carbocycles. The predicted octanol–water partition coefficient (Wildman–Crippen LogP) is 0.544. The number of rotatable bonds is 6. The van der Waals surface area contributed by atoms with Crippen LogP contribution in [0.5, 0.6) is 0 Å². The second-order valence-electron chi connectivity index (χ2n) is 6.15. The molecule has 0 aliphatic carbocycles. The van der Waals surface area contributed by atoms with Gasteiger partial charge in [0.2, 0.25) is 0 Å². The Balaban J connectivity index is 1.47. The molecule has 3 rings (SSSR count). The molecule has 1 aliphatic rings. The van der Waals surface area contributed by atoms with Crippen LogP contribution in [0.3, 0.4) is 0 Å². The van der Waals surface area contributed by atoms with Crippen molar-refractivity contribution in [1.82, 2.24) is 20.0 Å². The number of nitrogens with one attached hydrogen (secondary N) is 1. The Labute approximate surface area is 147 Å². The quantitative estimate of drug-likeness (QED) is 0.811. The minimum absolute atomic E-state index is 0.109. The highest BCUT2D eigenvalue weighted by atomic mass is 32.2. The molecular weight excluding hydrogens is 340 g/mol. The van der Waals surface area contributed by atoms with Gasteiger partial charge >= 0.3 is 0 Å². The number of amides is 1. The minimum atomic E-state index is -2.85. The van der Waals surface area contributed by atoms with Crippen molar-refractivity contribution in [2.75, 3.05) is 31.1 Å². The lowest BCUT2D eigenvalue weighted by Crippen LogP contribution is -2.39. The third kappa shape index (κ3) is 5.14. The molecule has 0 radical (unpaired) electrons. The largest absolute Gasteiger partial charge is 0.350 e. The number of carbonyl (C=O) groups excluding carboxylic acids is 1. The monoisotopic (exact) mass is 362 g/mol. The summed E-state index contributed by atoms with van der Waals surface area (Å²) < 4.78 is 24.7. The molecule has 2 aromatic rings. The summed E-state index contributed by atoms with van der Waals surface area (Å²) in [4.78, 5) is 14.3. The molecule has 1 saturated heterocycles. The first kappa shape index (κ1) is 17.6. The molecule has 8 heteroatoms. The smallest absolute Gasteiger partial charge is 0.251 e. The summed E-state index contributed by atoms with van der Waals surface area (Å²) in [6, 6.07) is 9.30. The normalized spacial score (nSPS) is 17.3. The molecule has 25 heavy (non-hydrogen) atoms. The highest BCUT2D eigenvalue weighted by Gasteiger charge is 2.21. The number of hydrogen-bond acceptors (Lipinski definition) is 5. The molecule has 134 valence electrons. The van der Waals surface area contributed by atoms with Crippen molar-refractivity contribution in [3.8, 4) is 0 Å². The zero-order chi connectivity index (χ0) is 17.7. The zero-order valence-electron chi connectivity index (χ0n) is 14.0. The third-order valence-electron chi connectivity index (χ3n) is 4.24. The van der Waals surface area contributed by atoms with Gasteiger partial charge in [-0.05, 0) is 23.8 Å². The summed E-state index contributed by atoms with van der Waals surface area (Å²) in [7, 11) is -2.85. The fraction of sp³-hybridized carbons (Fsp3) is 0.412. The van der Waals surface area contributed by atoms with Gasteiger partial charge in [-0.15, -0.1) is 0 Å². The van der Waals surface area contributed by atoms with Gasteiger partial charge in [-0.3, -0.25) is 14.4 Å². The summed E-state index contributed by atoms with van der Waals surface area (Å²) in [6.07, 6.45) is 3.56. The first-order chi connectivity index (χ1) is 12.0. The van der Waals surface area contributed by atoms with Gasteiger partial charge in [0, 0.05) is 44.1 Å². The molecular formula is C17H22N4O3S. The average molecular weight is 362 g/mol. The Hall–Kier alpha value is -2.19. The summed E-state index contributed by atoms with van der Waals surface area (Å²) in [5.74, 6) is 0.343. The summed E-state index contributed by atoms with van der Waals surface area (Å²) in [6.45, 7) is 2.99. The summed E-state index contributed by atoms with van der Waals surface area (Å²) in [5.41, 5.74) is 1.69. The molecule has 0 spiro atoms. The van der Waals surface area contributed by atoms with Crippen molar-refractivity contribution in [2.45, 2.75) is 13.1 Å². The van der Waals surface area contributed by atoms with Crippen LogP contribution in [0.2, 0.25) is 0 Å². The van der Waals surface area contributed by atoms with E-state index in [1.165, 1.54) is 0 Å². The van der Waals surface area contributed by atoms with Crippen LogP contribution >= 0.6 is 0 Å². The molecule has 1 aliphatic heterocycles. The highest BCUT2D eigenvalue weighted by Crippen LogP contribution is 2.11. The SMILES string of the molecule is O=C(NCCn1cccn1)c1ccc(CN2CCS(=O)(=O)CC2)cc1. The van der Waals surface area contributed by atoms with Crippen LogP contribution in [0.15, 0.2) is 42.7 Å². The second kappa shape index (κ2) is 7.79. The lowest BCUT2D eigenvalue weighted by atomic mass is 10.1. The van der Waals surface area contributed by atoms with Crippen molar-refractivity contribution >= 4 is 15.7 Å². The van der Waals surface area contributed by atoms with Gasteiger partial charge in [0.1, 0.15) is 0 Å². The van der Waals surface area contributed by atoms with Crippen LogP contribution in [0, 0.1) is 0 Å². The summed E-state index contributed by atoms with van der Waals surface area (Å²) in [5, 5.41) is 6.96. The van der Waals surface area contributed by atoms with Crippen LogP contribution in [-0.4, -0.2) is 60.1 Å². The van der Waals surface area contributed by atoms with E-state index < -0.39 is 9.84 Å². The van der Waals surface area contributed by atoms with Crippen LogP contribution in [-0.2, 0) is 22.9 Å². The van der Waals surface area contributed by atoms with Crippen LogP contribution in [0.4, 0.5) is 0 Å². The fourth-order valence-electron chi connectivity index (χ4n) is 2.75. The molecule has 0 bridgehead atoms. The van der Waals surface area contributed by atoms with Crippen molar-refractivity contribution < 1.29 is 13.2 Å². The molecule has 2 heterocycles. The minimum Gasteiger partial charge on any atom is -0.350 e. The highest BCUT2D eigenvalue weighted by molar-refractivity contribution is 7.91. The predicted molar refractivity (Wildman–Crippen MR) is 94.9 cm³/mol. The van der Waals surface area contributed by atoms with Crippen molar-refractivity contribution in [3.05, 3.63) is 53.9 Å². The molecule has 1 fully saturated rings. The Kier molecular flexibility index (Phi) is 5.50. The average Bonchev–Trinajstić information content (AvgIpc) is 3.11. The number of nitrogens with zero attached hydrogens (tertiary/aromatic N) is 3. The van der Waals surface area contributed by atoms with Crippen molar-refractivity contribution in [1.29, 1.82) is 0 Å². The van der Waals surface area contributed by atoms with Gasteiger partial charge in [-0.2, -0.15) is 5.10 Å². The van der Waals surface area contributed by atoms with E-state index in [4.69, 9.17) is 0 Å². The van der Waals surface area contributed by atoms with E-state index in [2.05, 4.69) is 15.3 Å². The molecule has 1 aromatic carbocycles. The van der Waals surface area contributed by atoms with Gasteiger partial charge in [-0.1, -0.05) is 12.1 Å². The van der Waals surface area contributed by atoms with E-state index in [9.17, 15) is 13.2 Å². The lowest BCUT2D eigenvalue weighted by molar-refractivity contribution is 0.0952. The number of aromatic nitrogens is 2. The molecule has 0 atom stereocenters. The van der Waals surface area contributed by atoms with E-state index in [1.54, 1.807) is 23.0 Å². The maximum absolute atomic E-state index is 12.1. The van der Waals surface area contributed by atoms with Crippen molar-refractivity contribution in [2.24, 2.45) is 0 Å². The van der Waals surface area contributed by atoms with Crippen LogP contribution in [0.1, 0.15) is 15.9 Å². The summed E-state index contributed by atoms with van der Waals surface area (Å²) >= 11 is 0. The van der Waals surface area contributed by atoms with E-state index in [1.807, 2.05) is 24.4 Å². The standard InChI is InChI=1S/C17H22N4O3S/c22-17(18-7-9-21-8-1-6-19-21)16-4-2-15(3-5-16)14-20-10-12-25(23,24)13-11-20/h1-6,8H,7,9-14H2,(H,18,22). The lowest BCUT2D eigenvalue weighted by Gasteiger charge is -2.26. The number of carbonyl (C=O) groups is 1.